The number of nitrogens with one attached hydrogen (secondary N) is 2. The molecule has 8 bridgehead atoms. The van der Waals surface area contributed by atoms with Gasteiger partial charge >= 0.3 is 23.9 Å². The zero-order valence-corrected chi connectivity index (χ0v) is 30.9. The van der Waals surface area contributed by atoms with Crippen LogP contribution in [0.3, 0.4) is 0 Å². The summed E-state index contributed by atoms with van der Waals surface area (Å²) in [6.45, 7) is 11.8. The first kappa shape index (κ1) is 36.7. The standard InChI is InChI=1S/C41H42N4O8/c1-9-23-20(2)29-17-34-27-13-10-26(39(49)52-7)38(40(50)53-8)41(27,5)35(45-34)19-30-22(4)25(12-15-37(48)51-6)33(44-30)18-32-24(11-14-36(46)47)21(3)28(43-32)16-31(23)42-29/h9-10,13,16-19,38,43-44H,1,11-12,14-15H2,2-8H3,(H,46,47)/t38-,41?/m0/s1. The number of carbonyl (C=O) groups is 4. The van der Waals surface area contributed by atoms with Crippen molar-refractivity contribution in [3.8, 4) is 0 Å². The number of allylic oxidation sites excluding steroid dienone is 6. The molecule has 12 heteroatoms. The topological polar surface area (TPSA) is 174 Å². The van der Waals surface area contributed by atoms with Crippen molar-refractivity contribution in [2.24, 2.45) is 5.92 Å². The van der Waals surface area contributed by atoms with E-state index in [0.29, 0.717) is 51.3 Å². The number of fused-ring (bicyclic) bond motifs is 11. The zero-order valence-electron chi connectivity index (χ0n) is 30.9. The van der Waals surface area contributed by atoms with Gasteiger partial charge in [-0.05, 0) is 98.2 Å². The lowest BCUT2D eigenvalue weighted by Gasteiger charge is -2.36. The molecule has 3 aromatic rings. The van der Waals surface area contributed by atoms with Gasteiger partial charge in [0.25, 0.3) is 0 Å². The van der Waals surface area contributed by atoms with Crippen LogP contribution in [0, 0.1) is 19.8 Å². The van der Waals surface area contributed by atoms with Crippen LogP contribution in [0.25, 0.3) is 38.8 Å². The number of hydrogen-bond acceptors (Lipinski definition) is 9. The Bertz CT molecular complexity index is 2370. The second-order valence-corrected chi connectivity index (χ2v) is 13.5. The van der Waals surface area contributed by atoms with E-state index in [1.54, 1.807) is 18.2 Å². The number of ether oxygens (including phenoxy) is 3. The largest absolute Gasteiger partial charge is 0.481 e. The number of nitrogens with zero attached hydrogens (tertiary/aromatic N) is 2. The number of carboxylic acids is 1. The molecule has 3 N–H and O–H groups in total. The summed E-state index contributed by atoms with van der Waals surface area (Å²) in [7, 11) is 3.89. The SMILES string of the molecule is C=CC1=C(C)c2cc3nc(cc4[nH]c(cc5[nH]c(cc1n2)c(C)c5CCC(=O)O)c(CCC(=O)OC)c4C)C1(C)C3=CC=C(C(=O)OC)[C@H]1C(=O)OC. The molecule has 0 spiro atoms. The smallest absolute Gasteiger partial charge is 0.334 e. The maximum atomic E-state index is 13.7. The highest BCUT2D eigenvalue weighted by Crippen LogP contribution is 2.52. The lowest BCUT2D eigenvalue weighted by Crippen LogP contribution is -2.42. The van der Waals surface area contributed by atoms with E-state index in [4.69, 9.17) is 24.2 Å². The summed E-state index contributed by atoms with van der Waals surface area (Å²) < 4.78 is 15.4. The molecule has 0 radical (unpaired) electrons. The molecule has 3 aliphatic rings. The van der Waals surface area contributed by atoms with Gasteiger partial charge in [0.15, 0.2) is 0 Å². The average Bonchev–Trinajstić information content (AvgIpc) is 3.79. The predicted octanol–water partition coefficient (Wildman–Crippen LogP) is 6.41. The van der Waals surface area contributed by atoms with Crippen LogP contribution in [0.5, 0.6) is 0 Å². The number of carboxylic acid groups (broad SMARTS) is 1. The third-order valence-electron chi connectivity index (χ3n) is 10.7. The molecule has 5 heterocycles. The Morgan fingerprint density at radius 1 is 0.811 bits per heavy atom. The van der Waals surface area contributed by atoms with Gasteiger partial charge in [0.05, 0.1) is 55.1 Å². The molecule has 3 aromatic heterocycles. The van der Waals surface area contributed by atoms with Gasteiger partial charge in [-0.3, -0.25) is 19.4 Å². The Morgan fingerprint density at radius 2 is 1.45 bits per heavy atom. The maximum Gasteiger partial charge on any atom is 0.334 e. The van der Waals surface area contributed by atoms with Gasteiger partial charge in [0.2, 0.25) is 0 Å². The minimum Gasteiger partial charge on any atom is -0.481 e. The molecule has 274 valence electrons. The Morgan fingerprint density at radius 3 is 2.04 bits per heavy atom. The molecule has 0 saturated carbocycles. The summed E-state index contributed by atoms with van der Waals surface area (Å²) in [6, 6.07) is 7.59. The van der Waals surface area contributed by atoms with E-state index in [1.165, 1.54) is 21.3 Å². The molecule has 1 aliphatic carbocycles. The van der Waals surface area contributed by atoms with Gasteiger partial charge in [-0.15, -0.1) is 0 Å². The summed E-state index contributed by atoms with van der Waals surface area (Å²) >= 11 is 0. The first-order valence-electron chi connectivity index (χ1n) is 17.2. The number of aryl methyl sites for hydroxylation is 4. The van der Waals surface area contributed by atoms with Crippen LogP contribution in [0.15, 0.2) is 54.6 Å². The fourth-order valence-corrected chi connectivity index (χ4v) is 7.69. The van der Waals surface area contributed by atoms with Crippen LogP contribution in [0.2, 0.25) is 0 Å². The van der Waals surface area contributed by atoms with Crippen LogP contribution in [-0.2, 0) is 51.6 Å². The second kappa shape index (κ2) is 14.2. The molecule has 2 atom stereocenters. The molecule has 53 heavy (non-hydrogen) atoms. The normalized spacial score (nSPS) is 17.8. The predicted molar refractivity (Wildman–Crippen MR) is 200 cm³/mol. The van der Waals surface area contributed by atoms with Gasteiger partial charge < -0.3 is 29.3 Å². The van der Waals surface area contributed by atoms with Crippen molar-refractivity contribution in [3.05, 3.63) is 99.7 Å². The number of esters is 3. The number of rotatable bonds is 9. The Kier molecular flexibility index (Phi) is 9.83. The van der Waals surface area contributed by atoms with E-state index in [0.717, 1.165) is 38.9 Å². The number of aromatic nitrogens is 4. The molecular formula is C41H42N4O8. The molecule has 0 aromatic carbocycles. The summed E-state index contributed by atoms with van der Waals surface area (Å²) in [5, 5.41) is 9.61. The molecule has 6 rings (SSSR count). The van der Waals surface area contributed by atoms with E-state index in [-0.39, 0.29) is 30.8 Å². The van der Waals surface area contributed by atoms with Crippen molar-refractivity contribution in [1.29, 1.82) is 0 Å². The minimum absolute atomic E-state index is 0.0715. The first-order valence-corrected chi connectivity index (χ1v) is 17.2. The summed E-state index contributed by atoms with van der Waals surface area (Å²) in [5.74, 6) is -3.66. The summed E-state index contributed by atoms with van der Waals surface area (Å²) in [4.78, 5) is 68.1. The van der Waals surface area contributed by atoms with Gasteiger partial charge in [0.1, 0.15) is 5.92 Å². The highest BCUT2D eigenvalue weighted by molar-refractivity contribution is 6.02. The van der Waals surface area contributed by atoms with Crippen molar-refractivity contribution in [2.45, 2.75) is 58.8 Å². The van der Waals surface area contributed by atoms with E-state index in [2.05, 4.69) is 16.5 Å². The Labute approximate surface area is 306 Å². The summed E-state index contributed by atoms with van der Waals surface area (Å²) in [6.07, 6.45) is 5.80. The van der Waals surface area contributed by atoms with Crippen molar-refractivity contribution >= 4 is 62.7 Å². The fourth-order valence-electron chi connectivity index (χ4n) is 7.69. The zero-order chi connectivity index (χ0) is 38.4. The maximum absolute atomic E-state index is 13.7. The number of methoxy groups -OCH3 is 3. The van der Waals surface area contributed by atoms with Crippen LogP contribution in [-0.4, -0.2) is 70.2 Å². The quantitative estimate of drug-likeness (QED) is 0.166. The highest BCUT2D eigenvalue weighted by atomic mass is 16.5. The van der Waals surface area contributed by atoms with Crippen LogP contribution < -0.4 is 0 Å². The van der Waals surface area contributed by atoms with Crippen LogP contribution >= 0.6 is 0 Å². The fraction of sp³-hybridized carbons (Fsp3) is 0.317. The molecule has 0 fully saturated rings. The monoisotopic (exact) mass is 718 g/mol. The number of hydrogen-bond donors (Lipinski definition) is 3. The average molecular weight is 719 g/mol. The minimum atomic E-state index is -1.18. The van der Waals surface area contributed by atoms with E-state index >= 15 is 0 Å². The van der Waals surface area contributed by atoms with Crippen molar-refractivity contribution in [3.63, 3.8) is 0 Å². The number of carbonyl (C=O) groups excluding carboxylic acids is 3. The number of aliphatic carboxylic acids is 1. The lowest BCUT2D eigenvalue weighted by atomic mass is 9.64. The van der Waals surface area contributed by atoms with Crippen LogP contribution in [0.4, 0.5) is 0 Å². The van der Waals surface area contributed by atoms with Gasteiger partial charge in [-0.25, -0.2) is 9.78 Å². The van der Waals surface area contributed by atoms with Crippen molar-refractivity contribution in [2.75, 3.05) is 21.3 Å². The van der Waals surface area contributed by atoms with Crippen LogP contribution in [0.1, 0.15) is 71.7 Å². The molecule has 12 nitrogen and oxygen atoms in total. The summed E-state index contributed by atoms with van der Waals surface area (Å²) in [5.41, 5.74) is 9.92. The molecule has 0 amide bonds. The molecule has 0 saturated heterocycles. The third kappa shape index (κ3) is 6.28. The lowest BCUT2D eigenvalue weighted by molar-refractivity contribution is -0.149. The van der Waals surface area contributed by atoms with Gasteiger partial charge in [-0.2, -0.15) is 0 Å². The van der Waals surface area contributed by atoms with E-state index in [1.807, 2.05) is 52.0 Å². The van der Waals surface area contributed by atoms with Gasteiger partial charge in [0, 0.05) is 40.5 Å². The first-order chi connectivity index (χ1) is 25.3. The van der Waals surface area contributed by atoms with E-state index in [9.17, 15) is 24.3 Å². The van der Waals surface area contributed by atoms with Gasteiger partial charge in [-0.1, -0.05) is 24.8 Å². The van der Waals surface area contributed by atoms with E-state index < -0.39 is 29.2 Å². The second-order valence-electron chi connectivity index (χ2n) is 13.5. The Balaban J connectivity index is 1.78. The molecule has 1 unspecified atom stereocenters. The highest BCUT2D eigenvalue weighted by Gasteiger charge is 2.53. The molecule has 2 aliphatic heterocycles. The van der Waals surface area contributed by atoms with Crippen molar-refractivity contribution in [1.82, 2.24) is 19.9 Å². The molecular weight excluding hydrogens is 676 g/mol. The number of aromatic amines is 2. The third-order valence-corrected chi connectivity index (χ3v) is 10.7. The Hall–Kier alpha value is -6.04. The number of H-pyrrole nitrogens is 2. The van der Waals surface area contributed by atoms with Crippen molar-refractivity contribution < 1.29 is 38.5 Å².